The second-order valence-electron chi connectivity index (χ2n) is 5.77. The molecule has 0 radical (unpaired) electrons. The molecule has 4 heteroatoms. The number of aryl methyl sites for hydroxylation is 1. The van der Waals surface area contributed by atoms with Gasteiger partial charge >= 0.3 is 0 Å². The molecule has 0 fully saturated rings. The zero-order valence-corrected chi connectivity index (χ0v) is 13.0. The van der Waals surface area contributed by atoms with Crippen LogP contribution in [0.4, 0.5) is 0 Å². The molecule has 0 saturated heterocycles. The quantitative estimate of drug-likeness (QED) is 0.664. The van der Waals surface area contributed by atoms with Gasteiger partial charge < -0.3 is 10.2 Å². The summed E-state index contributed by atoms with van der Waals surface area (Å²) in [4.78, 5) is 17.6. The van der Waals surface area contributed by atoms with Crippen LogP contribution in [0.2, 0.25) is 0 Å². The fraction of sp³-hybridized carbons (Fsp3) is 0.500. The van der Waals surface area contributed by atoms with Crippen molar-refractivity contribution in [2.24, 2.45) is 5.16 Å². The Bertz CT molecular complexity index is 487. The number of carbonyl (C=O) groups is 1. The van der Waals surface area contributed by atoms with Crippen LogP contribution >= 0.6 is 0 Å². The van der Waals surface area contributed by atoms with Crippen LogP contribution in [0.15, 0.2) is 29.4 Å². The molecule has 1 aromatic carbocycles. The first-order valence-corrected chi connectivity index (χ1v) is 6.95. The van der Waals surface area contributed by atoms with Gasteiger partial charge in [0.1, 0.15) is 5.60 Å². The van der Waals surface area contributed by atoms with Gasteiger partial charge in [-0.1, -0.05) is 35.8 Å². The molecular formula is C16H24N2O2. The van der Waals surface area contributed by atoms with E-state index in [2.05, 4.69) is 10.5 Å². The van der Waals surface area contributed by atoms with E-state index in [0.717, 1.165) is 17.5 Å². The normalized spacial score (nSPS) is 12.2. The van der Waals surface area contributed by atoms with Crippen LogP contribution in [0.3, 0.4) is 0 Å². The van der Waals surface area contributed by atoms with E-state index >= 15 is 0 Å². The number of amides is 1. The molecular weight excluding hydrogens is 252 g/mol. The van der Waals surface area contributed by atoms with Crippen LogP contribution in [0.25, 0.3) is 0 Å². The highest BCUT2D eigenvalue weighted by Crippen LogP contribution is 2.11. The van der Waals surface area contributed by atoms with Gasteiger partial charge in [0.15, 0.2) is 5.71 Å². The Morgan fingerprint density at radius 2 is 2.05 bits per heavy atom. The third-order valence-electron chi connectivity index (χ3n) is 2.45. The smallest absolute Gasteiger partial charge is 0.273 e. The Labute approximate surface area is 121 Å². The van der Waals surface area contributed by atoms with Gasteiger partial charge in [0.25, 0.3) is 5.91 Å². The summed E-state index contributed by atoms with van der Waals surface area (Å²) < 4.78 is 0. The van der Waals surface area contributed by atoms with E-state index in [1.165, 1.54) is 0 Å². The minimum absolute atomic E-state index is 0.207. The molecule has 20 heavy (non-hydrogen) atoms. The Morgan fingerprint density at radius 3 is 2.60 bits per heavy atom. The Morgan fingerprint density at radius 1 is 1.35 bits per heavy atom. The zero-order chi connectivity index (χ0) is 15.2. The number of hydrogen-bond donors (Lipinski definition) is 1. The number of rotatable bonds is 5. The lowest BCUT2D eigenvalue weighted by Gasteiger charge is -2.17. The van der Waals surface area contributed by atoms with Gasteiger partial charge in [-0.3, -0.25) is 4.79 Å². The Balaban J connectivity index is 3.04. The molecule has 0 unspecified atom stereocenters. The van der Waals surface area contributed by atoms with Gasteiger partial charge in [0, 0.05) is 12.1 Å². The summed E-state index contributed by atoms with van der Waals surface area (Å²) in [5, 5.41) is 6.90. The van der Waals surface area contributed by atoms with Crippen molar-refractivity contribution in [3.05, 3.63) is 35.4 Å². The molecule has 0 aromatic heterocycles. The van der Waals surface area contributed by atoms with Crippen LogP contribution in [-0.4, -0.2) is 23.8 Å². The van der Waals surface area contributed by atoms with Crippen molar-refractivity contribution in [2.75, 3.05) is 6.54 Å². The van der Waals surface area contributed by atoms with Gasteiger partial charge in [-0.05, 0) is 40.2 Å². The van der Waals surface area contributed by atoms with Crippen molar-refractivity contribution in [3.8, 4) is 0 Å². The highest BCUT2D eigenvalue weighted by molar-refractivity contribution is 6.45. The van der Waals surface area contributed by atoms with E-state index in [-0.39, 0.29) is 5.91 Å². The maximum atomic E-state index is 12.2. The second-order valence-corrected chi connectivity index (χ2v) is 5.77. The molecule has 0 saturated carbocycles. The standard InChI is InChI=1S/C16H24N2O2/c1-6-10-17-15(19)14(18-20-16(3,4)5)13-9-7-8-12(2)11-13/h7-9,11H,6,10H2,1-5H3,(H,17,19)/b18-14+. The zero-order valence-electron chi connectivity index (χ0n) is 13.0. The summed E-state index contributed by atoms with van der Waals surface area (Å²) in [6.07, 6.45) is 0.882. The van der Waals surface area contributed by atoms with Crippen molar-refractivity contribution < 1.29 is 9.63 Å². The predicted octanol–water partition coefficient (Wildman–Crippen LogP) is 3.04. The van der Waals surface area contributed by atoms with Gasteiger partial charge in [0.05, 0.1) is 0 Å². The number of hydrogen-bond acceptors (Lipinski definition) is 3. The third kappa shape index (κ3) is 5.43. The third-order valence-corrected chi connectivity index (χ3v) is 2.45. The van der Waals surface area contributed by atoms with Crippen molar-refractivity contribution in [2.45, 2.75) is 46.6 Å². The number of carbonyl (C=O) groups excluding carboxylic acids is 1. The molecule has 1 rings (SSSR count). The summed E-state index contributed by atoms with van der Waals surface area (Å²) in [5.74, 6) is -0.207. The first-order chi connectivity index (χ1) is 9.33. The number of oxime groups is 1. The van der Waals surface area contributed by atoms with Crippen molar-refractivity contribution >= 4 is 11.6 Å². The van der Waals surface area contributed by atoms with E-state index in [9.17, 15) is 4.79 Å². The molecule has 0 aliphatic rings. The maximum Gasteiger partial charge on any atom is 0.273 e. The average Bonchev–Trinajstić information content (AvgIpc) is 2.35. The van der Waals surface area contributed by atoms with E-state index in [0.29, 0.717) is 12.3 Å². The molecule has 0 aliphatic carbocycles. The molecule has 4 nitrogen and oxygen atoms in total. The molecule has 0 bridgehead atoms. The van der Waals surface area contributed by atoms with E-state index in [1.807, 2.05) is 58.9 Å². The molecule has 0 spiro atoms. The molecule has 110 valence electrons. The highest BCUT2D eigenvalue weighted by atomic mass is 16.6. The van der Waals surface area contributed by atoms with E-state index in [1.54, 1.807) is 0 Å². The number of benzene rings is 1. The van der Waals surface area contributed by atoms with Crippen molar-refractivity contribution in [1.29, 1.82) is 0 Å². The minimum Gasteiger partial charge on any atom is -0.389 e. The molecule has 1 aromatic rings. The van der Waals surface area contributed by atoms with Crippen LogP contribution in [0, 0.1) is 6.92 Å². The first-order valence-electron chi connectivity index (χ1n) is 6.95. The minimum atomic E-state index is -0.430. The number of nitrogens with one attached hydrogen (secondary N) is 1. The molecule has 1 amide bonds. The van der Waals surface area contributed by atoms with Crippen molar-refractivity contribution in [3.63, 3.8) is 0 Å². The monoisotopic (exact) mass is 276 g/mol. The molecule has 0 heterocycles. The highest BCUT2D eigenvalue weighted by Gasteiger charge is 2.17. The lowest BCUT2D eigenvalue weighted by Crippen LogP contribution is -2.33. The van der Waals surface area contributed by atoms with Crippen molar-refractivity contribution in [1.82, 2.24) is 5.32 Å². The Kier molecular flexibility index (Phi) is 5.74. The topological polar surface area (TPSA) is 50.7 Å². The van der Waals surface area contributed by atoms with E-state index < -0.39 is 5.60 Å². The fourth-order valence-electron chi connectivity index (χ4n) is 1.52. The fourth-order valence-corrected chi connectivity index (χ4v) is 1.52. The van der Waals surface area contributed by atoms with Crippen LogP contribution in [0.1, 0.15) is 45.2 Å². The summed E-state index contributed by atoms with van der Waals surface area (Å²) >= 11 is 0. The summed E-state index contributed by atoms with van der Waals surface area (Å²) in [5.41, 5.74) is 1.73. The molecule has 1 N–H and O–H groups in total. The SMILES string of the molecule is CCCNC(=O)/C(=N/OC(C)(C)C)c1cccc(C)c1. The number of nitrogens with zero attached hydrogens (tertiary/aromatic N) is 1. The summed E-state index contributed by atoms with van der Waals surface area (Å²) in [6.45, 7) is 10.3. The first kappa shape index (κ1) is 16.2. The predicted molar refractivity (Wildman–Crippen MR) is 81.9 cm³/mol. The summed E-state index contributed by atoms with van der Waals surface area (Å²) in [7, 11) is 0. The molecule has 0 atom stereocenters. The molecule has 0 aliphatic heterocycles. The maximum absolute atomic E-state index is 12.2. The van der Waals surface area contributed by atoms with Crippen LogP contribution < -0.4 is 5.32 Å². The van der Waals surface area contributed by atoms with Gasteiger partial charge in [-0.25, -0.2) is 0 Å². The lowest BCUT2D eigenvalue weighted by molar-refractivity contribution is -0.115. The largest absolute Gasteiger partial charge is 0.389 e. The van der Waals surface area contributed by atoms with Crippen LogP contribution in [-0.2, 0) is 9.63 Å². The van der Waals surface area contributed by atoms with Crippen LogP contribution in [0.5, 0.6) is 0 Å². The second kappa shape index (κ2) is 7.08. The Hall–Kier alpha value is -1.84. The van der Waals surface area contributed by atoms with E-state index in [4.69, 9.17) is 4.84 Å². The van der Waals surface area contributed by atoms with Gasteiger partial charge in [0.2, 0.25) is 0 Å². The summed E-state index contributed by atoms with van der Waals surface area (Å²) in [6, 6.07) is 7.68. The van der Waals surface area contributed by atoms with Gasteiger partial charge in [-0.15, -0.1) is 0 Å². The average molecular weight is 276 g/mol. The van der Waals surface area contributed by atoms with Gasteiger partial charge in [-0.2, -0.15) is 0 Å². The lowest BCUT2D eigenvalue weighted by atomic mass is 10.1.